The molecule has 0 bridgehead atoms. The molecule has 0 aliphatic carbocycles. The smallest absolute Gasteiger partial charge is 0.255 e. The van der Waals surface area contributed by atoms with Gasteiger partial charge in [-0.25, -0.2) is 4.98 Å². The number of hydrogen-bond acceptors (Lipinski definition) is 6. The lowest BCUT2D eigenvalue weighted by Crippen LogP contribution is -2.48. The zero-order chi connectivity index (χ0) is 23.8. The van der Waals surface area contributed by atoms with E-state index in [9.17, 15) is 15.0 Å². The second-order valence-corrected chi connectivity index (χ2v) is 8.50. The van der Waals surface area contributed by atoms with E-state index in [0.29, 0.717) is 48.2 Å². The van der Waals surface area contributed by atoms with Gasteiger partial charge in [0.25, 0.3) is 5.91 Å². The topological polar surface area (TPSA) is 102 Å². The summed E-state index contributed by atoms with van der Waals surface area (Å²) in [6.07, 6.45) is 0. The molecule has 34 heavy (non-hydrogen) atoms. The molecule has 0 radical (unpaired) electrons. The van der Waals surface area contributed by atoms with Crippen LogP contribution in [-0.4, -0.2) is 64.3 Å². The lowest BCUT2D eigenvalue weighted by Gasteiger charge is -2.36. The Labute approximate surface area is 201 Å². The number of aromatic hydroxyl groups is 2. The van der Waals surface area contributed by atoms with Gasteiger partial charge >= 0.3 is 0 Å². The molecule has 1 aliphatic heterocycles. The molecular formula is C25H23ClN4O4. The van der Waals surface area contributed by atoms with Gasteiger partial charge in [-0.05, 0) is 42.5 Å². The Bertz CT molecular complexity index is 1380. The minimum Gasteiger partial charge on any atom is -0.504 e. The number of hydrogen-bond donors (Lipinski definition) is 3. The Morgan fingerprint density at radius 3 is 2.56 bits per heavy atom. The second kappa shape index (κ2) is 8.79. The number of phenolic OH excluding ortho intramolecular Hbond substituents is 2. The maximum absolute atomic E-state index is 12.8. The number of halogens is 1. The van der Waals surface area contributed by atoms with Crippen LogP contribution in [0.2, 0.25) is 5.02 Å². The molecule has 0 atom stereocenters. The second-order valence-electron chi connectivity index (χ2n) is 8.09. The van der Waals surface area contributed by atoms with Crippen molar-refractivity contribution < 1.29 is 19.7 Å². The van der Waals surface area contributed by atoms with Crippen LogP contribution >= 0.6 is 11.6 Å². The highest BCUT2D eigenvalue weighted by Crippen LogP contribution is 2.39. The lowest BCUT2D eigenvalue weighted by atomic mass is 10.1. The number of methoxy groups -OCH3 is 1. The monoisotopic (exact) mass is 478 g/mol. The van der Waals surface area contributed by atoms with Gasteiger partial charge in [0.2, 0.25) is 5.75 Å². The number of rotatable bonds is 4. The molecule has 3 aromatic carbocycles. The van der Waals surface area contributed by atoms with Crippen molar-refractivity contribution in [3.63, 3.8) is 0 Å². The highest BCUT2D eigenvalue weighted by Gasteiger charge is 2.24. The summed E-state index contributed by atoms with van der Waals surface area (Å²) in [5, 5.41) is 20.3. The summed E-state index contributed by atoms with van der Waals surface area (Å²) < 4.78 is 5.13. The Kier molecular flexibility index (Phi) is 5.67. The van der Waals surface area contributed by atoms with Crippen molar-refractivity contribution in [2.24, 2.45) is 0 Å². The maximum atomic E-state index is 12.8. The molecule has 1 aromatic heterocycles. The van der Waals surface area contributed by atoms with Crippen LogP contribution in [0.15, 0.2) is 54.6 Å². The molecule has 9 heteroatoms. The first-order chi connectivity index (χ1) is 16.4. The van der Waals surface area contributed by atoms with Crippen molar-refractivity contribution in [2.45, 2.75) is 0 Å². The molecule has 174 valence electrons. The number of ether oxygens (including phenoxy) is 1. The molecule has 5 rings (SSSR count). The molecule has 1 aliphatic rings. The van der Waals surface area contributed by atoms with E-state index < -0.39 is 0 Å². The van der Waals surface area contributed by atoms with Crippen LogP contribution in [0.1, 0.15) is 10.4 Å². The van der Waals surface area contributed by atoms with Crippen molar-refractivity contribution in [1.82, 2.24) is 14.9 Å². The zero-order valence-corrected chi connectivity index (χ0v) is 19.2. The fourth-order valence-corrected chi connectivity index (χ4v) is 4.41. The number of amides is 1. The predicted molar refractivity (Wildman–Crippen MR) is 131 cm³/mol. The third-order valence-corrected chi connectivity index (χ3v) is 6.38. The maximum Gasteiger partial charge on any atom is 0.255 e. The zero-order valence-electron chi connectivity index (χ0n) is 18.5. The summed E-state index contributed by atoms with van der Waals surface area (Å²) in [5.74, 6) is 0.0826. The van der Waals surface area contributed by atoms with E-state index in [2.05, 4.69) is 14.9 Å². The third-order valence-electron chi connectivity index (χ3n) is 6.05. The van der Waals surface area contributed by atoms with E-state index in [-0.39, 0.29) is 23.2 Å². The fraction of sp³-hybridized carbons (Fsp3) is 0.200. The Morgan fingerprint density at radius 1 is 1.06 bits per heavy atom. The predicted octanol–water partition coefficient (Wildman–Crippen LogP) is 4.27. The van der Waals surface area contributed by atoms with Gasteiger partial charge in [0.15, 0.2) is 11.5 Å². The Morgan fingerprint density at radius 2 is 1.82 bits per heavy atom. The molecule has 1 amide bonds. The van der Waals surface area contributed by atoms with Gasteiger partial charge in [0.1, 0.15) is 5.82 Å². The fourth-order valence-electron chi connectivity index (χ4n) is 4.19. The molecule has 0 unspecified atom stereocenters. The third kappa shape index (κ3) is 3.97. The summed E-state index contributed by atoms with van der Waals surface area (Å²) >= 11 is 6.20. The van der Waals surface area contributed by atoms with Crippen LogP contribution in [0.5, 0.6) is 17.2 Å². The van der Waals surface area contributed by atoms with Crippen molar-refractivity contribution in [2.75, 3.05) is 38.2 Å². The molecule has 8 nitrogen and oxygen atoms in total. The van der Waals surface area contributed by atoms with Crippen LogP contribution in [0.4, 0.5) is 5.69 Å². The number of carbonyl (C=O) groups is 1. The molecule has 1 saturated heterocycles. The number of piperazine rings is 1. The average molecular weight is 479 g/mol. The van der Waals surface area contributed by atoms with Crippen LogP contribution < -0.4 is 9.64 Å². The first kappa shape index (κ1) is 21.9. The number of H-pyrrole nitrogens is 1. The Balaban J connectivity index is 1.34. The quantitative estimate of drug-likeness (QED) is 0.379. The van der Waals surface area contributed by atoms with Crippen LogP contribution in [0.3, 0.4) is 0 Å². The molecular weight excluding hydrogens is 456 g/mol. The van der Waals surface area contributed by atoms with E-state index in [1.807, 2.05) is 35.2 Å². The summed E-state index contributed by atoms with van der Waals surface area (Å²) in [7, 11) is 1.42. The number of fused-ring (bicyclic) bond motifs is 1. The first-order valence-electron chi connectivity index (χ1n) is 10.8. The largest absolute Gasteiger partial charge is 0.504 e. The van der Waals surface area contributed by atoms with Gasteiger partial charge in [-0.2, -0.15) is 0 Å². The van der Waals surface area contributed by atoms with Gasteiger partial charge in [0.05, 0.1) is 28.7 Å². The molecule has 0 spiro atoms. The minimum absolute atomic E-state index is 0.0495. The summed E-state index contributed by atoms with van der Waals surface area (Å²) in [6, 6.07) is 16.1. The number of benzene rings is 3. The highest BCUT2D eigenvalue weighted by atomic mass is 35.5. The van der Waals surface area contributed by atoms with Crippen molar-refractivity contribution in [3.8, 4) is 28.6 Å². The van der Waals surface area contributed by atoms with E-state index in [1.54, 1.807) is 18.2 Å². The normalized spacial score (nSPS) is 13.9. The number of phenols is 2. The van der Waals surface area contributed by atoms with Gasteiger partial charge in [-0.15, -0.1) is 0 Å². The highest BCUT2D eigenvalue weighted by molar-refractivity contribution is 6.33. The number of nitrogens with one attached hydrogen (secondary N) is 1. The van der Waals surface area contributed by atoms with Crippen LogP contribution in [-0.2, 0) is 0 Å². The molecule has 0 saturated carbocycles. The van der Waals surface area contributed by atoms with Gasteiger partial charge in [0, 0.05) is 37.4 Å². The van der Waals surface area contributed by atoms with E-state index in [4.69, 9.17) is 16.3 Å². The Hall–Kier alpha value is -3.91. The van der Waals surface area contributed by atoms with Gasteiger partial charge in [-0.3, -0.25) is 4.79 Å². The van der Waals surface area contributed by atoms with E-state index >= 15 is 0 Å². The number of anilines is 1. The average Bonchev–Trinajstić information content (AvgIpc) is 3.29. The van der Waals surface area contributed by atoms with Crippen molar-refractivity contribution >= 4 is 34.2 Å². The standard InChI is InChI=1S/C25H23ClN4O4/c1-34-22-13-15(12-21(31)23(22)32)24-27-19-7-6-16(14-20(19)28-24)29-8-10-30(11-9-29)25(33)17-4-2-3-5-18(17)26/h2-7,12-14,31-32H,8-11H2,1H3,(H,27,28). The van der Waals surface area contributed by atoms with Gasteiger partial charge < -0.3 is 29.7 Å². The van der Waals surface area contributed by atoms with Crippen LogP contribution in [0.25, 0.3) is 22.4 Å². The number of nitrogens with zero attached hydrogens (tertiary/aromatic N) is 3. The van der Waals surface area contributed by atoms with Crippen molar-refractivity contribution in [3.05, 3.63) is 65.2 Å². The minimum atomic E-state index is -0.309. The number of carbonyl (C=O) groups excluding carboxylic acids is 1. The van der Waals surface area contributed by atoms with E-state index in [0.717, 1.165) is 16.7 Å². The van der Waals surface area contributed by atoms with E-state index in [1.165, 1.54) is 13.2 Å². The van der Waals surface area contributed by atoms with Crippen molar-refractivity contribution in [1.29, 1.82) is 0 Å². The molecule has 1 fully saturated rings. The van der Waals surface area contributed by atoms with Gasteiger partial charge in [-0.1, -0.05) is 23.7 Å². The molecule has 2 heterocycles. The summed E-state index contributed by atoms with van der Waals surface area (Å²) in [5.41, 5.74) is 3.77. The molecule has 4 aromatic rings. The summed E-state index contributed by atoms with van der Waals surface area (Å²) in [4.78, 5) is 24.8. The lowest BCUT2D eigenvalue weighted by molar-refractivity contribution is 0.0747. The number of aromatic nitrogens is 2. The molecule has 3 N–H and O–H groups in total. The number of aromatic amines is 1. The SMILES string of the molecule is COc1cc(-c2nc3ccc(N4CCN(C(=O)c5ccccc5Cl)CC4)cc3[nH]2)cc(O)c1O. The summed E-state index contributed by atoms with van der Waals surface area (Å²) in [6.45, 7) is 2.60. The number of imidazole rings is 1. The first-order valence-corrected chi connectivity index (χ1v) is 11.2. The van der Waals surface area contributed by atoms with Crippen LogP contribution in [0, 0.1) is 0 Å².